The number of rotatable bonds is 3. The second-order valence-electron chi connectivity index (χ2n) is 5.84. The maximum Gasteiger partial charge on any atom is 0.257 e. The van der Waals surface area contributed by atoms with Crippen LogP contribution in [0.15, 0.2) is 36.4 Å². The van der Waals surface area contributed by atoms with Crippen LogP contribution in [-0.4, -0.2) is 26.6 Å². The first-order chi connectivity index (χ1) is 12.3. The Bertz CT molecular complexity index is 966. The molecule has 1 N–H and O–H groups in total. The normalized spacial score (nSPS) is 16.3. The molecule has 9 heteroatoms. The average Bonchev–Trinajstić information content (AvgIpc) is 2.57. The lowest BCUT2D eigenvalue weighted by atomic mass is 10.1. The first-order valence-electron chi connectivity index (χ1n) is 7.84. The molecule has 0 spiro atoms. The molecule has 0 aliphatic carbocycles. The van der Waals surface area contributed by atoms with Gasteiger partial charge in [0.05, 0.1) is 27.7 Å². The van der Waals surface area contributed by atoms with E-state index < -0.39 is 27.6 Å². The van der Waals surface area contributed by atoms with E-state index in [-0.39, 0.29) is 22.0 Å². The number of hydrogen-bond acceptors (Lipinski definition) is 3. The van der Waals surface area contributed by atoms with Crippen LogP contribution >= 0.6 is 11.6 Å². The van der Waals surface area contributed by atoms with Crippen molar-refractivity contribution in [1.29, 1.82) is 0 Å². The molecule has 1 heterocycles. The zero-order valence-electron chi connectivity index (χ0n) is 13.5. The van der Waals surface area contributed by atoms with Gasteiger partial charge >= 0.3 is 0 Å². The third kappa shape index (κ3) is 3.81. The highest BCUT2D eigenvalue weighted by atomic mass is 35.5. The van der Waals surface area contributed by atoms with Crippen LogP contribution in [0.5, 0.6) is 0 Å². The maximum atomic E-state index is 13.7. The third-order valence-electron chi connectivity index (χ3n) is 4.01. The van der Waals surface area contributed by atoms with Crippen LogP contribution in [-0.2, 0) is 10.0 Å². The first-order valence-corrected chi connectivity index (χ1v) is 9.83. The van der Waals surface area contributed by atoms with Gasteiger partial charge in [-0.1, -0.05) is 11.6 Å². The van der Waals surface area contributed by atoms with E-state index in [2.05, 4.69) is 5.32 Å². The minimum Gasteiger partial charge on any atom is -0.319 e. The number of carbonyl (C=O) groups is 1. The monoisotopic (exact) mass is 400 g/mol. The molecule has 1 saturated heterocycles. The van der Waals surface area contributed by atoms with Crippen molar-refractivity contribution in [3.05, 3.63) is 58.6 Å². The van der Waals surface area contributed by atoms with E-state index in [1.165, 1.54) is 22.5 Å². The highest BCUT2D eigenvalue weighted by molar-refractivity contribution is 7.92. The summed E-state index contributed by atoms with van der Waals surface area (Å²) >= 11 is 6.05. The molecule has 2 aromatic rings. The molecular weight excluding hydrogens is 386 g/mol. The molecule has 1 aliphatic heterocycles. The molecule has 0 atom stereocenters. The van der Waals surface area contributed by atoms with E-state index in [9.17, 15) is 22.0 Å². The zero-order valence-corrected chi connectivity index (χ0v) is 15.1. The summed E-state index contributed by atoms with van der Waals surface area (Å²) in [5, 5.41) is 2.40. The summed E-state index contributed by atoms with van der Waals surface area (Å²) in [5.41, 5.74) is 0.107. The third-order valence-corrected chi connectivity index (χ3v) is 6.21. The molecule has 1 aliphatic rings. The molecule has 3 rings (SSSR count). The van der Waals surface area contributed by atoms with Crippen LogP contribution in [0.25, 0.3) is 0 Å². The fraction of sp³-hybridized carbons (Fsp3) is 0.235. The van der Waals surface area contributed by atoms with Crippen LogP contribution < -0.4 is 9.62 Å². The van der Waals surface area contributed by atoms with E-state index in [4.69, 9.17) is 11.6 Å². The minimum atomic E-state index is -3.45. The van der Waals surface area contributed by atoms with Gasteiger partial charge in [-0.2, -0.15) is 0 Å². The van der Waals surface area contributed by atoms with Crippen molar-refractivity contribution in [2.45, 2.75) is 12.8 Å². The van der Waals surface area contributed by atoms with Gasteiger partial charge in [-0.05, 0) is 43.2 Å². The Morgan fingerprint density at radius 2 is 1.88 bits per heavy atom. The molecule has 5 nitrogen and oxygen atoms in total. The first kappa shape index (κ1) is 18.6. The number of sulfonamides is 1. The Kier molecular flexibility index (Phi) is 5.15. The Balaban J connectivity index is 1.91. The predicted molar refractivity (Wildman–Crippen MR) is 96.1 cm³/mol. The summed E-state index contributed by atoms with van der Waals surface area (Å²) in [6, 6.07) is 7.03. The van der Waals surface area contributed by atoms with E-state index in [1.807, 2.05) is 0 Å². The molecule has 2 aromatic carbocycles. The van der Waals surface area contributed by atoms with Gasteiger partial charge in [0.15, 0.2) is 0 Å². The van der Waals surface area contributed by atoms with Crippen LogP contribution in [0.1, 0.15) is 23.2 Å². The van der Waals surface area contributed by atoms with Gasteiger partial charge in [-0.25, -0.2) is 17.2 Å². The largest absolute Gasteiger partial charge is 0.319 e. The Morgan fingerprint density at radius 1 is 1.12 bits per heavy atom. The van der Waals surface area contributed by atoms with Gasteiger partial charge in [-0.3, -0.25) is 9.10 Å². The van der Waals surface area contributed by atoms with Gasteiger partial charge in [0.1, 0.15) is 11.6 Å². The second kappa shape index (κ2) is 7.20. The Morgan fingerprint density at radius 3 is 2.58 bits per heavy atom. The van der Waals surface area contributed by atoms with Crippen molar-refractivity contribution < 1.29 is 22.0 Å². The molecule has 26 heavy (non-hydrogen) atoms. The second-order valence-corrected chi connectivity index (χ2v) is 8.26. The highest BCUT2D eigenvalue weighted by Gasteiger charge is 2.27. The summed E-state index contributed by atoms with van der Waals surface area (Å²) in [7, 11) is -3.45. The SMILES string of the molecule is O=C(Nc1ccc(F)cc1F)c1cc(N2CCCCS2(=O)=O)ccc1Cl. The van der Waals surface area contributed by atoms with Crippen molar-refractivity contribution >= 4 is 38.9 Å². The predicted octanol–water partition coefficient (Wildman–Crippen LogP) is 3.80. The Hall–Kier alpha value is -2.19. The van der Waals surface area contributed by atoms with E-state index in [1.54, 1.807) is 0 Å². The number of hydrogen-bond donors (Lipinski definition) is 1. The molecule has 0 unspecified atom stereocenters. The fourth-order valence-corrected chi connectivity index (χ4v) is 4.54. The summed E-state index contributed by atoms with van der Waals surface area (Å²) in [6.07, 6.45) is 1.30. The quantitative estimate of drug-likeness (QED) is 0.852. The van der Waals surface area contributed by atoms with Crippen LogP contribution in [0, 0.1) is 11.6 Å². The summed E-state index contributed by atoms with van der Waals surface area (Å²) in [5.74, 6) is -2.38. The average molecular weight is 401 g/mol. The number of nitrogens with zero attached hydrogens (tertiary/aromatic N) is 1. The van der Waals surface area contributed by atoms with Crippen molar-refractivity contribution in [1.82, 2.24) is 0 Å². The van der Waals surface area contributed by atoms with Gasteiger partial charge in [-0.15, -0.1) is 0 Å². The molecule has 0 saturated carbocycles. The molecule has 0 radical (unpaired) electrons. The molecule has 0 aromatic heterocycles. The van der Waals surface area contributed by atoms with Gasteiger partial charge in [0.25, 0.3) is 5.91 Å². The lowest BCUT2D eigenvalue weighted by Gasteiger charge is -2.28. The van der Waals surface area contributed by atoms with Gasteiger partial charge in [0.2, 0.25) is 10.0 Å². The van der Waals surface area contributed by atoms with E-state index >= 15 is 0 Å². The number of nitrogens with one attached hydrogen (secondary N) is 1. The summed E-state index contributed by atoms with van der Waals surface area (Å²) in [4.78, 5) is 12.4. The molecule has 1 amide bonds. The minimum absolute atomic E-state index is 0.00587. The van der Waals surface area contributed by atoms with Gasteiger partial charge in [0, 0.05) is 12.6 Å². The van der Waals surface area contributed by atoms with E-state index in [0.29, 0.717) is 31.1 Å². The van der Waals surface area contributed by atoms with Crippen molar-refractivity contribution in [2.75, 3.05) is 21.9 Å². The smallest absolute Gasteiger partial charge is 0.257 e. The fourth-order valence-electron chi connectivity index (χ4n) is 2.70. The zero-order chi connectivity index (χ0) is 18.9. The molecular formula is C17H15ClF2N2O3S. The lowest BCUT2D eigenvalue weighted by Crippen LogP contribution is -2.38. The number of anilines is 2. The van der Waals surface area contributed by atoms with Crippen LogP contribution in [0.3, 0.4) is 0 Å². The summed E-state index contributed by atoms with van der Waals surface area (Å²) in [6.45, 7) is 0.317. The molecule has 0 bridgehead atoms. The maximum absolute atomic E-state index is 13.7. The van der Waals surface area contributed by atoms with Crippen molar-refractivity contribution in [3.8, 4) is 0 Å². The number of benzene rings is 2. The summed E-state index contributed by atoms with van der Waals surface area (Å²) < 4.78 is 52.4. The molecule has 1 fully saturated rings. The van der Waals surface area contributed by atoms with Crippen LogP contribution in [0.4, 0.5) is 20.2 Å². The topological polar surface area (TPSA) is 66.5 Å². The number of carbonyl (C=O) groups excluding carboxylic acids is 1. The van der Waals surface area contributed by atoms with Crippen molar-refractivity contribution in [2.24, 2.45) is 0 Å². The number of halogens is 3. The highest BCUT2D eigenvalue weighted by Crippen LogP contribution is 2.28. The number of amides is 1. The van der Waals surface area contributed by atoms with E-state index in [0.717, 1.165) is 12.1 Å². The lowest BCUT2D eigenvalue weighted by molar-refractivity contribution is 0.102. The van der Waals surface area contributed by atoms with Crippen LogP contribution in [0.2, 0.25) is 5.02 Å². The standard InChI is InChI=1S/C17H15ClF2N2O3S/c18-14-5-4-12(22-7-1-2-8-26(22,24)25)10-13(14)17(23)21-16-6-3-11(19)9-15(16)20/h3-6,9-10H,1-2,7-8H2,(H,21,23). The van der Waals surface area contributed by atoms with Gasteiger partial charge < -0.3 is 5.32 Å². The Labute approximate surface area is 154 Å². The molecule has 138 valence electrons. The van der Waals surface area contributed by atoms with Crippen molar-refractivity contribution in [3.63, 3.8) is 0 Å².